The minimum Gasteiger partial charge on any atom is -0.497 e. The van der Waals surface area contributed by atoms with Crippen molar-refractivity contribution in [1.29, 1.82) is 0 Å². The summed E-state index contributed by atoms with van der Waals surface area (Å²) in [5, 5.41) is 0. The average Bonchev–Trinajstić information content (AvgIpc) is 3.30. The Morgan fingerprint density at radius 2 is 1.78 bits per heavy atom. The molecule has 0 saturated heterocycles. The largest absolute Gasteiger partial charge is 0.497 e. The highest BCUT2D eigenvalue weighted by molar-refractivity contribution is 5.85. The van der Waals surface area contributed by atoms with Crippen molar-refractivity contribution in [2.45, 2.75) is 92.3 Å². The first-order valence-corrected chi connectivity index (χ1v) is 13.6. The Hall–Kier alpha value is -2.76. The van der Waals surface area contributed by atoms with Gasteiger partial charge in [0.1, 0.15) is 5.75 Å². The van der Waals surface area contributed by atoms with Crippen LogP contribution in [0.15, 0.2) is 42.6 Å². The maximum atomic E-state index is 13.6. The molecule has 0 aliphatic carbocycles. The van der Waals surface area contributed by atoms with E-state index < -0.39 is 0 Å². The topological polar surface area (TPSA) is 54.8 Å². The fourth-order valence-corrected chi connectivity index (χ4v) is 4.41. The molecule has 6 nitrogen and oxygen atoms in total. The molecular formula is C30H47N3O3. The van der Waals surface area contributed by atoms with Crippen LogP contribution in [-0.4, -0.2) is 52.4 Å². The number of aromatic nitrogens is 1. The standard InChI is InChI=1S/C30H47N3O3/c1-7-9-10-11-17-29(34)32(20-24(3)4)23-30(35)33(25(5)8-2)22-27-15-13-18-31(27)21-26-14-12-16-28(19-26)36-6/h12-16,18-19,24-25H,7-11,17,20-23H2,1-6H3. The van der Waals surface area contributed by atoms with Gasteiger partial charge in [-0.25, -0.2) is 0 Å². The molecule has 1 unspecified atom stereocenters. The van der Waals surface area contributed by atoms with Crippen molar-refractivity contribution in [3.63, 3.8) is 0 Å². The van der Waals surface area contributed by atoms with Gasteiger partial charge < -0.3 is 19.1 Å². The van der Waals surface area contributed by atoms with Crippen LogP contribution in [0.1, 0.15) is 84.4 Å². The number of hydrogen-bond donors (Lipinski definition) is 0. The van der Waals surface area contributed by atoms with Crippen molar-refractivity contribution in [3.8, 4) is 5.75 Å². The summed E-state index contributed by atoms with van der Waals surface area (Å²) in [7, 11) is 1.67. The van der Waals surface area contributed by atoms with E-state index in [-0.39, 0.29) is 24.4 Å². The maximum Gasteiger partial charge on any atom is 0.242 e. The second kappa shape index (κ2) is 15.4. The van der Waals surface area contributed by atoms with Crippen LogP contribution in [0.4, 0.5) is 0 Å². The third kappa shape index (κ3) is 9.36. The Kier molecular flexibility index (Phi) is 12.6. The van der Waals surface area contributed by atoms with Gasteiger partial charge in [-0.1, -0.05) is 59.1 Å². The summed E-state index contributed by atoms with van der Waals surface area (Å²) < 4.78 is 7.55. The number of amides is 2. The smallest absolute Gasteiger partial charge is 0.242 e. The number of rotatable bonds is 16. The molecule has 1 heterocycles. The van der Waals surface area contributed by atoms with Crippen LogP contribution in [-0.2, 0) is 22.7 Å². The molecule has 2 rings (SSSR count). The summed E-state index contributed by atoms with van der Waals surface area (Å²) in [4.78, 5) is 30.3. The van der Waals surface area contributed by atoms with Gasteiger partial charge >= 0.3 is 0 Å². The van der Waals surface area contributed by atoms with Crippen LogP contribution in [0.5, 0.6) is 5.75 Å². The lowest BCUT2D eigenvalue weighted by Crippen LogP contribution is -2.47. The predicted octanol–water partition coefficient (Wildman–Crippen LogP) is 6.13. The van der Waals surface area contributed by atoms with Crippen LogP contribution in [0.2, 0.25) is 0 Å². The number of methoxy groups -OCH3 is 1. The minimum absolute atomic E-state index is 0.0149. The van der Waals surface area contributed by atoms with Gasteiger partial charge in [0.05, 0.1) is 20.2 Å². The molecule has 0 spiro atoms. The van der Waals surface area contributed by atoms with Gasteiger partial charge in [0.25, 0.3) is 0 Å². The molecule has 0 saturated carbocycles. The molecule has 1 aromatic heterocycles. The first-order valence-electron chi connectivity index (χ1n) is 13.6. The molecule has 2 amide bonds. The van der Waals surface area contributed by atoms with Crippen molar-refractivity contribution in [3.05, 3.63) is 53.9 Å². The van der Waals surface area contributed by atoms with Crippen molar-refractivity contribution in [2.75, 3.05) is 20.2 Å². The fourth-order valence-electron chi connectivity index (χ4n) is 4.41. The lowest BCUT2D eigenvalue weighted by Gasteiger charge is -2.32. The van der Waals surface area contributed by atoms with E-state index in [0.717, 1.165) is 49.1 Å². The third-order valence-electron chi connectivity index (χ3n) is 6.69. The van der Waals surface area contributed by atoms with Crippen molar-refractivity contribution >= 4 is 11.8 Å². The van der Waals surface area contributed by atoms with E-state index in [0.29, 0.717) is 32.0 Å². The van der Waals surface area contributed by atoms with Crippen molar-refractivity contribution in [1.82, 2.24) is 14.4 Å². The van der Waals surface area contributed by atoms with Crippen LogP contribution < -0.4 is 4.74 Å². The predicted molar refractivity (Wildman–Crippen MR) is 147 cm³/mol. The Morgan fingerprint density at radius 3 is 2.44 bits per heavy atom. The maximum absolute atomic E-state index is 13.6. The molecule has 0 N–H and O–H groups in total. The van der Waals surface area contributed by atoms with Gasteiger partial charge in [-0.2, -0.15) is 0 Å². The Bertz CT molecular complexity index is 937. The monoisotopic (exact) mass is 497 g/mol. The number of ether oxygens (including phenoxy) is 1. The van der Waals surface area contributed by atoms with E-state index in [2.05, 4.69) is 57.5 Å². The number of carbonyl (C=O) groups is 2. The quantitative estimate of drug-likeness (QED) is 0.262. The van der Waals surface area contributed by atoms with Crippen molar-refractivity contribution < 1.29 is 14.3 Å². The summed E-state index contributed by atoms with van der Waals surface area (Å²) in [5.41, 5.74) is 2.22. The fraction of sp³-hybridized carbons (Fsp3) is 0.600. The summed E-state index contributed by atoms with van der Waals surface area (Å²) >= 11 is 0. The molecule has 0 radical (unpaired) electrons. The van der Waals surface area contributed by atoms with E-state index in [1.807, 2.05) is 29.2 Å². The molecule has 200 valence electrons. The Morgan fingerprint density at radius 1 is 1.00 bits per heavy atom. The summed E-state index contributed by atoms with van der Waals surface area (Å²) in [5.74, 6) is 1.26. The second-order valence-corrected chi connectivity index (χ2v) is 10.2. The number of hydrogen-bond acceptors (Lipinski definition) is 3. The highest BCUT2D eigenvalue weighted by atomic mass is 16.5. The molecule has 36 heavy (non-hydrogen) atoms. The van der Waals surface area contributed by atoms with Crippen molar-refractivity contribution in [2.24, 2.45) is 5.92 Å². The zero-order chi connectivity index (χ0) is 26.5. The molecule has 1 aromatic carbocycles. The first kappa shape index (κ1) is 29.5. The molecule has 0 bridgehead atoms. The highest BCUT2D eigenvalue weighted by Gasteiger charge is 2.25. The van der Waals surface area contributed by atoms with Gasteiger partial charge in [0, 0.05) is 37.4 Å². The first-order chi connectivity index (χ1) is 17.3. The van der Waals surface area contributed by atoms with E-state index in [9.17, 15) is 9.59 Å². The van der Waals surface area contributed by atoms with E-state index in [1.54, 1.807) is 12.0 Å². The van der Waals surface area contributed by atoms with Gasteiger partial charge in [0.2, 0.25) is 11.8 Å². The summed E-state index contributed by atoms with van der Waals surface area (Å²) in [6.45, 7) is 12.5. The van der Waals surface area contributed by atoms with Gasteiger partial charge in [-0.3, -0.25) is 9.59 Å². The molecule has 6 heteroatoms. The van der Waals surface area contributed by atoms with Gasteiger partial charge in [-0.05, 0) is 55.5 Å². The van der Waals surface area contributed by atoms with E-state index in [1.165, 1.54) is 0 Å². The minimum atomic E-state index is 0.0149. The van der Waals surface area contributed by atoms with Gasteiger partial charge in [0.15, 0.2) is 0 Å². The lowest BCUT2D eigenvalue weighted by atomic mass is 10.1. The Balaban J connectivity index is 2.14. The third-order valence-corrected chi connectivity index (χ3v) is 6.69. The average molecular weight is 498 g/mol. The second-order valence-electron chi connectivity index (χ2n) is 10.2. The zero-order valence-corrected chi connectivity index (χ0v) is 23.3. The SMILES string of the molecule is CCCCCCC(=O)N(CC(=O)N(Cc1cccn1Cc1cccc(OC)c1)C(C)CC)CC(C)C. The lowest BCUT2D eigenvalue weighted by molar-refractivity contribution is -0.142. The summed E-state index contributed by atoms with van der Waals surface area (Å²) in [6, 6.07) is 12.2. The number of unbranched alkanes of at least 4 members (excludes halogenated alkanes) is 3. The number of nitrogens with zero attached hydrogens (tertiary/aromatic N) is 3. The molecule has 0 fully saturated rings. The van der Waals surface area contributed by atoms with Gasteiger partial charge in [-0.15, -0.1) is 0 Å². The van der Waals surface area contributed by atoms with Crippen LogP contribution in [0.3, 0.4) is 0 Å². The van der Waals surface area contributed by atoms with E-state index in [4.69, 9.17) is 4.74 Å². The number of carbonyl (C=O) groups excluding carboxylic acids is 2. The molecular weight excluding hydrogens is 450 g/mol. The number of benzene rings is 1. The van der Waals surface area contributed by atoms with Crippen LogP contribution >= 0.6 is 0 Å². The molecule has 0 aliphatic heterocycles. The highest BCUT2D eigenvalue weighted by Crippen LogP contribution is 2.18. The molecule has 2 aromatic rings. The molecule has 1 atom stereocenters. The molecule has 0 aliphatic rings. The van der Waals surface area contributed by atoms with Crippen LogP contribution in [0, 0.1) is 5.92 Å². The summed E-state index contributed by atoms with van der Waals surface area (Å²) in [6.07, 6.45) is 7.68. The zero-order valence-electron chi connectivity index (χ0n) is 23.3. The Labute approximate surface area is 218 Å². The van der Waals surface area contributed by atoms with Crippen LogP contribution in [0.25, 0.3) is 0 Å². The normalized spacial score (nSPS) is 12.0. The van der Waals surface area contributed by atoms with E-state index >= 15 is 0 Å².